The standard InChI is InChI=1S/C23H24N2O3/c1-16(27)19-8-10-21(11-9-19)20-6-3-18(4-7-20)5-12-22(15-26)25-14-13-24-23(25)17(2)28/h3-4,6-11,13-14,16-17,22,26-28H,15H2,1-2H3/t16-,17-,22-/m0/s1. The highest BCUT2D eigenvalue weighted by atomic mass is 16.3. The van der Waals surface area contributed by atoms with Crippen LogP contribution in [0, 0.1) is 11.8 Å². The zero-order valence-corrected chi connectivity index (χ0v) is 15.9. The van der Waals surface area contributed by atoms with Gasteiger partial charge in [0.1, 0.15) is 18.0 Å². The SMILES string of the molecule is C[C@H](O)c1ccc(-c2ccc(C#C[C@@H](CO)n3ccnc3[C@H](C)O)cc2)cc1. The summed E-state index contributed by atoms with van der Waals surface area (Å²) in [7, 11) is 0. The molecular formula is C23H24N2O3. The van der Waals surface area contributed by atoms with Crippen LogP contribution in [-0.4, -0.2) is 31.5 Å². The van der Waals surface area contributed by atoms with Crippen LogP contribution in [0.15, 0.2) is 60.9 Å². The first-order valence-electron chi connectivity index (χ1n) is 9.21. The van der Waals surface area contributed by atoms with E-state index in [1.54, 1.807) is 30.8 Å². The zero-order valence-electron chi connectivity index (χ0n) is 15.9. The Morgan fingerprint density at radius 1 is 0.929 bits per heavy atom. The average Bonchev–Trinajstić information content (AvgIpc) is 3.19. The number of nitrogens with zero attached hydrogens (tertiary/aromatic N) is 2. The highest BCUT2D eigenvalue weighted by molar-refractivity contribution is 5.64. The highest BCUT2D eigenvalue weighted by Crippen LogP contribution is 2.22. The minimum absolute atomic E-state index is 0.170. The van der Waals surface area contributed by atoms with Crippen molar-refractivity contribution >= 4 is 0 Å². The molecule has 0 bridgehead atoms. The molecule has 2 aromatic carbocycles. The maximum Gasteiger partial charge on any atom is 0.138 e. The zero-order chi connectivity index (χ0) is 20.1. The van der Waals surface area contributed by atoms with Crippen LogP contribution in [0.4, 0.5) is 0 Å². The van der Waals surface area contributed by atoms with Crippen LogP contribution >= 0.6 is 0 Å². The molecule has 1 heterocycles. The van der Waals surface area contributed by atoms with Crippen molar-refractivity contribution in [3.8, 4) is 23.0 Å². The first-order chi connectivity index (χ1) is 13.5. The number of aromatic nitrogens is 2. The first-order valence-corrected chi connectivity index (χ1v) is 9.21. The number of hydrogen-bond donors (Lipinski definition) is 3. The maximum absolute atomic E-state index is 9.78. The summed E-state index contributed by atoms with van der Waals surface area (Å²) < 4.78 is 1.69. The summed E-state index contributed by atoms with van der Waals surface area (Å²) in [6.07, 6.45) is 2.09. The molecule has 3 rings (SSSR count). The molecule has 0 radical (unpaired) electrons. The fourth-order valence-corrected chi connectivity index (χ4v) is 2.98. The number of aliphatic hydroxyl groups is 3. The number of imidazole rings is 1. The minimum Gasteiger partial charge on any atom is -0.393 e. The molecule has 144 valence electrons. The normalized spacial score (nSPS) is 14.0. The Kier molecular flexibility index (Phi) is 6.27. The van der Waals surface area contributed by atoms with Crippen LogP contribution in [0.1, 0.15) is 49.0 Å². The summed E-state index contributed by atoms with van der Waals surface area (Å²) in [5.41, 5.74) is 3.85. The third-order valence-electron chi connectivity index (χ3n) is 4.58. The number of rotatable bonds is 5. The molecular weight excluding hydrogens is 352 g/mol. The maximum atomic E-state index is 9.78. The van der Waals surface area contributed by atoms with Gasteiger partial charge in [0.25, 0.3) is 0 Å². The smallest absolute Gasteiger partial charge is 0.138 e. The monoisotopic (exact) mass is 376 g/mol. The van der Waals surface area contributed by atoms with Crippen molar-refractivity contribution in [2.24, 2.45) is 0 Å². The van der Waals surface area contributed by atoms with Crippen LogP contribution in [0.5, 0.6) is 0 Å². The lowest BCUT2D eigenvalue weighted by molar-refractivity contribution is 0.176. The molecule has 0 fully saturated rings. The van der Waals surface area contributed by atoms with Crippen molar-refractivity contribution in [2.45, 2.75) is 32.1 Å². The van der Waals surface area contributed by atoms with E-state index in [1.807, 2.05) is 48.5 Å². The van der Waals surface area contributed by atoms with Gasteiger partial charge in [-0.3, -0.25) is 0 Å². The van der Waals surface area contributed by atoms with Crippen LogP contribution < -0.4 is 0 Å². The van der Waals surface area contributed by atoms with Crippen molar-refractivity contribution in [1.29, 1.82) is 0 Å². The third-order valence-corrected chi connectivity index (χ3v) is 4.58. The Balaban J connectivity index is 1.78. The summed E-state index contributed by atoms with van der Waals surface area (Å²) >= 11 is 0. The first kappa shape index (κ1) is 19.8. The topological polar surface area (TPSA) is 78.5 Å². The van der Waals surface area contributed by atoms with E-state index in [9.17, 15) is 15.3 Å². The Morgan fingerprint density at radius 2 is 1.54 bits per heavy atom. The van der Waals surface area contributed by atoms with Gasteiger partial charge in [-0.1, -0.05) is 48.2 Å². The molecule has 0 aliphatic rings. The minimum atomic E-state index is -0.731. The number of aliphatic hydroxyl groups excluding tert-OH is 3. The molecule has 5 heteroatoms. The Hall–Kier alpha value is -2.91. The Labute approximate surface area is 164 Å². The van der Waals surface area contributed by atoms with Gasteiger partial charge in [-0.05, 0) is 42.7 Å². The van der Waals surface area contributed by atoms with Gasteiger partial charge in [-0.2, -0.15) is 0 Å². The van der Waals surface area contributed by atoms with Crippen molar-refractivity contribution in [1.82, 2.24) is 9.55 Å². The molecule has 0 unspecified atom stereocenters. The molecule has 1 aromatic heterocycles. The fourth-order valence-electron chi connectivity index (χ4n) is 2.98. The van der Waals surface area contributed by atoms with Gasteiger partial charge >= 0.3 is 0 Å². The molecule has 0 saturated heterocycles. The molecule has 5 nitrogen and oxygen atoms in total. The molecule has 0 amide bonds. The van der Waals surface area contributed by atoms with Gasteiger partial charge in [0.2, 0.25) is 0 Å². The molecule has 3 aromatic rings. The van der Waals surface area contributed by atoms with Crippen molar-refractivity contribution in [2.75, 3.05) is 6.61 Å². The second-order valence-corrected chi connectivity index (χ2v) is 6.71. The molecule has 3 N–H and O–H groups in total. The van der Waals surface area contributed by atoms with Crippen LogP contribution in [0.3, 0.4) is 0 Å². The third kappa shape index (κ3) is 4.49. The van der Waals surface area contributed by atoms with E-state index in [0.717, 1.165) is 22.3 Å². The second-order valence-electron chi connectivity index (χ2n) is 6.71. The van der Waals surface area contributed by atoms with E-state index in [4.69, 9.17) is 0 Å². The molecule has 0 spiro atoms. The number of hydrogen-bond acceptors (Lipinski definition) is 4. The van der Waals surface area contributed by atoms with E-state index in [2.05, 4.69) is 16.8 Å². The second kappa shape index (κ2) is 8.85. The van der Waals surface area contributed by atoms with Crippen LogP contribution in [0.25, 0.3) is 11.1 Å². The number of benzene rings is 2. The van der Waals surface area contributed by atoms with Crippen molar-refractivity contribution in [3.05, 3.63) is 77.9 Å². The Morgan fingerprint density at radius 3 is 2.07 bits per heavy atom. The van der Waals surface area contributed by atoms with E-state index >= 15 is 0 Å². The molecule has 28 heavy (non-hydrogen) atoms. The van der Waals surface area contributed by atoms with Gasteiger partial charge in [0, 0.05) is 18.0 Å². The van der Waals surface area contributed by atoms with E-state index in [-0.39, 0.29) is 6.61 Å². The van der Waals surface area contributed by atoms with Gasteiger partial charge in [-0.25, -0.2) is 4.98 Å². The van der Waals surface area contributed by atoms with Gasteiger partial charge in [0.15, 0.2) is 0 Å². The highest BCUT2D eigenvalue weighted by Gasteiger charge is 2.14. The quantitative estimate of drug-likeness (QED) is 0.598. The summed E-state index contributed by atoms with van der Waals surface area (Å²) in [5.74, 6) is 6.60. The van der Waals surface area contributed by atoms with E-state index < -0.39 is 18.2 Å². The van der Waals surface area contributed by atoms with Crippen LogP contribution in [0.2, 0.25) is 0 Å². The van der Waals surface area contributed by atoms with E-state index in [1.165, 1.54) is 0 Å². The van der Waals surface area contributed by atoms with E-state index in [0.29, 0.717) is 5.82 Å². The fraction of sp³-hybridized carbons (Fsp3) is 0.261. The predicted molar refractivity (Wildman–Crippen MR) is 108 cm³/mol. The van der Waals surface area contributed by atoms with Gasteiger partial charge in [0.05, 0.1) is 12.7 Å². The lowest BCUT2D eigenvalue weighted by Gasteiger charge is -2.14. The lowest BCUT2D eigenvalue weighted by atomic mass is 10.0. The largest absolute Gasteiger partial charge is 0.393 e. The summed E-state index contributed by atoms with van der Waals surface area (Å²) in [4.78, 5) is 4.12. The Bertz CT molecular complexity index is 962. The van der Waals surface area contributed by atoms with Gasteiger partial charge in [-0.15, -0.1) is 0 Å². The predicted octanol–water partition coefficient (Wildman–Crippen LogP) is 3.24. The molecule has 0 aliphatic heterocycles. The molecule has 3 atom stereocenters. The van der Waals surface area contributed by atoms with Crippen LogP contribution in [-0.2, 0) is 0 Å². The molecule has 0 aliphatic carbocycles. The van der Waals surface area contributed by atoms with Gasteiger partial charge < -0.3 is 19.9 Å². The summed E-state index contributed by atoms with van der Waals surface area (Å²) in [6, 6.07) is 15.2. The average molecular weight is 376 g/mol. The summed E-state index contributed by atoms with van der Waals surface area (Å²) in [6.45, 7) is 3.21. The molecule has 0 saturated carbocycles. The summed E-state index contributed by atoms with van der Waals surface area (Å²) in [5, 5.41) is 29.1. The van der Waals surface area contributed by atoms with Crippen molar-refractivity contribution < 1.29 is 15.3 Å². The van der Waals surface area contributed by atoms with Crippen molar-refractivity contribution in [3.63, 3.8) is 0 Å². The lowest BCUT2D eigenvalue weighted by Crippen LogP contribution is -2.15.